The van der Waals surface area contributed by atoms with Gasteiger partial charge in [0, 0.05) is 32.5 Å². The van der Waals surface area contributed by atoms with Gasteiger partial charge in [0.25, 0.3) is 0 Å². The zero-order chi connectivity index (χ0) is 12.4. The van der Waals surface area contributed by atoms with Gasteiger partial charge in [0.2, 0.25) is 5.91 Å². The number of amides is 1. The number of nitrogens with one attached hydrogen (secondary N) is 1. The summed E-state index contributed by atoms with van der Waals surface area (Å²) in [6, 6.07) is 0. The molecule has 0 aromatic carbocycles. The van der Waals surface area contributed by atoms with E-state index in [0.29, 0.717) is 17.1 Å². The molecule has 1 aromatic heterocycles. The molecule has 0 saturated carbocycles. The molecule has 2 rings (SSSR count). The molecule has 1 aliphatic heterocycles. The van der Waals surface area contributed by atoms with Crippen molar-refractivity contribution < 1.29 is 4.79 Å². The molecule has 17 heavy (non-hydrogen) atoms. The smallest absolute Gasteiger partial charge is 0.222 e. The fraction of sp³-hybridized carbons (Fsp3) is 0.727. The summed E-state index contributed by atoms with van der Waals surface area (Å²) in [5.41, 5.74) is 0. The van der Waals surface area contributed by atoms with Crippen LogP contribution in [0.4, 0.5) is 0 Å². The van der Waals surface area contributed by atoms with Crippen LogP contribution in [-0.4, -0.2) is 38.7 Å². The molecule has 1 saturated heterocycles. The zero-order valence-electron chi connectivity index (χ0n) is 10.3. The Morgan fingerprint density at radius 3 is 3.00 bits per heavy atom. The van der Waals surface area contributed by atoms with Gasteiger partial charge in [-0.25, -0.2) is 0 Å². The molecule has 0 bridgehead atoms. The Hall–Kier alpha value is -1.17. The molecule has 0 aliphatic carbocycles. The Kier molecular flexibility index (Phi) is 3.61. The van der Waals surface area contributed by atoms with Gasteiger partial charge < -0.3 is 9.47 Å². The number of nitrogens with zero attached hydrogens (tertiary/aromatic N) is 3. The molecule has 1 aliphatic rings. The average Bonchev–Trinajstić information content (AvgIpc) is 2.69. The van der Waals surface area contributed by atoms with E-state index >= 15 is 0 Å². The van der Waals surface area contributed by atoms with Crippen molar-refractivity contribution in [1.29, 1.82) is 0 Å². The Morgan fingerprint density at radius 1 is 1.65 bits per heavy atom. The summed E-state index contributed by atoms with van der Waals surface area (Å²) in [7, 11) is 1.92. The van der Waals surface area contributed by atoms with Gasteiger partial charge in [0.15, 0.2) is 4.77 Å². The van der Waals surface area contributed by atoms with Gasteiger partial charge in [-0.3, -0.25) is 9.89 Å². The van der Waals surface area contributed by atoms with Crippen LogP contribution in [0.5, 0.6) is 0 Å². The van der Waals surface area contributed by atoms with E-state index in [2.05, 4.69) is 10.2 Å². The second-order valence-electron chi connectivity index (χ2n) is 4.48. The van der Waals surface area contributed by atoms with Crippen LogP contribution >= 0.6 is 12.2 Å². The minimum atomic E-state index is 0.228. The Morgan fingerprint density at radius 2 is 2.41 bits per heavy atom. The largest absolute Gasteiger partial charge is 0.342 e. The van der Waals surface area contributed by atoms with Crippen molar-refractivity contribution in [3.63, 3.8) is 0 Å². The van der Waals surface area contributed by atoms with E-state index in [0.717, 1.165) is 31.8 Å². The summed E-state index contributed by atoms with van der Waals surface area (Å²) in [6.45, 7) is 3.54. The number of likely N-dealkylation sites (tertiary alicyclic amines) is 1. The monoisotopic (exact) mass is 254 g/mol. The van der Waals surface area contributed by atoms with E-state index < -0.39 is 0 Å². The molecule has 1 atom stereocenters. The minimum Gasteiger partial charge on any atom is -0.342 e. The first kappa shape index (κ1) is 12.3. The second-order valence-corrected chi connectivity index (χ2v) is 4.87. The highest BCUT2D eigenvalue weighted by atomic mass is 32.1. The van der Waals surface area contributed by atoms with Crippen molar-refractivity contribution >= 4 is 18.1 Å². The minimum absolute atomic E-state index is 0.228. The molecule has 6 heteroatoms. The molecule has 1 amide bonds. The summed E-state index contributed by atoms with van der Waals surface area (Å²) in [6.07, 6.45) is 2.68. The SMILES string of the molecule is CCC(=O)N1CCCC(c2n[nH]c(=S)n2C)C1. The Balaban J connectivity index is 2.15. The lowest BCUT2D eigenvalue weighted by atomic mass is 9.97. The highest BCUT2D eigenvalue weighted by Gasteiger charge is 2.26. The number of hydrogen-bond acceptors (Lipinski definition) is 3. The van der Waals surface area contributed by atoms with Gasteiger partial charge in [-0.2, -0.15) is 5.10 Å². The number of H-pyrrole nitrogens is 1. The van der Waals surface area contributed by atoms with Gasteiger partial charge >= 0.3 is 0 Å². The maximum Gasteiger partial charge on any atom is 0.222 e. The topological polar surface area (TPSA) is 53.9 Å². The first-order valence-corrected chi connectivity index (χ1v) is 6.43. The van der Waals surface area contributed by atoms with Crippen LogP contribution in [0.25, 0.3) is 0 Å². The molecule has 1 aromatic rings. The van der Waals surface area contributed by atoms with Crippen molar-refractivity contribution in [1.82, 2.24) is 19.7 Å². The number of rotatable bonds is 2. The van der Waals surface area contributed by atoms with Crippen LogP contribution in [0.1, 0.15) is 37.9 Å². The summed E-state index contributed by atoms with van der Waals surface area (Å²) in [5, 5.41) is 7.07. The first-order valence-electron chi connectivity index (χ1n) is 6.02. The predicted molar refractivity (Wildman–Crippen MR) is 67.2 cm³/mol. The molecular weight excluding hydrogens is 236 g/mol. The Labute approximate surface area is 106 Å². The molecular formula is C11H18N4OS. The van der Waals surface area contributed by atoms with E-state index in [4.69, 9.17) is 12.2 Å². The third kappa shape index (κ3) is 2.41. The van der Waals surface area contributed by atoms with Crippen molar-refractivity contribution in [2.75, 3.05) is 13.1 Å². The third-order valence-electron chi connectivity index (χ3n) is 3.36. The summed E-state index contributed by atoms with van der Waals surface area (Å²) in [4.78, 5) is 13.6. The standard InChI is InChI=1S/C11H18N4OS/c1-3-9(16)15-6-4-5-8(7-15)10-12-13-11(17)14(10)2/h8H,3-7H2,1-2H3,(H,13,17). The van der Waals surface area contributed by atoms with Gasteiger partial charge in [0.1, 0.15) is 5.82 Å². The molecule has 1 unspecified atom stereocenters. The second kappa shape index (κ2) is 5.00. The van der Waals surface area contributed by atoms with Crippen LogP contribution in [0, 0.1) is 4.77 Å². The molecule has 0 radical (unpaired) electrons. The number of carbonyl (C=O) groups excluding carboxylic acids is 1. The maximum atomic E-state index is 11.7. The fourth-order valence-electron chi connectivity index (χ4n) is 2.36. The van der Waals surface area contributed by atoms with Crippen molar-refractivity contribution in [3.8, 4) is 0 Å². The van der Waals surface area contributed by atoms with Crippen LogP contribution in [-0.2, 0) is 11.8 Å². The lowest BCUT2D eigenvalue weighted by Gasteiger charge is -2.32. The third-order valence-corrected chi connectivity index (χ3v) is 3.72. The number of aromatic nitrogens is 3. The molecule has 1 fully saturated rings. The quantitative estimate of drug-likeness (QED) is 0.816. The average molecular weight is 254 g/mol. The molecule has 2 heterocycles. The van der Waals surface area contributed by atoms with Crippen LogP contribution in [0.2, 0.25) is 0 Å². The van der Waals surface area contributed by atoms with Gasteiger partial charge in [-0.1, -0.05) is 6.92 Å². The van der Waals surface area contributed by atoms with Crippen molar-refractivity contribution in [2.24, 2.45) is 7.05 Å². The number of carbonyl (C=O) groups is 1. The number of piperidine rings is 1. The van der Waals surface area contributed by atoms with E-state index in [9.17, 15) is 4.79 Å². The highest BCUT2D eigenvalue weighted by Crippen LogP contribution is 2.25. The Bertz CT molecular complexity index is 464. The van der Waals surface area contributed by atoms with Gasteiger partial charge in [-0.15, -0.1) is 0 Å². The van der Waals surface area contributed by atoms with E-state index in [-0.39, 0.29) is 5.91 Å². The lowest BCUT2D eigenvalue weighted by molar-refractivity contribution is -0.132. The summed E-state index contributed by atoms with van der Waals surface area (Å²) in [5.74, 6) is 1.49. The van der Waals surface area contributed by atoms with Crippen LogP contribution in [0.3, 0.4) is 0 Å². The normalized spacial score (nSPS) is 20.6. The van der Waals surface area contributed by atoms with Gasteiger partial charge in [0.05, 0.1) is 0 Å². The molecule has 94 valence electrons. The molecule has 1 N–H and O–H groups in total. The maximum absolute atomic E-state index is 11.7. The van der Waals surface area contributed by atoms with Crippen LogP contribution in [0.15, 0.2) is 0 Å². The molecule has 0 spiro atoms. The summed E-state index contributed by atoms with van der Waals surface area (Å²) >= 11 is 5.11. The van der Waals surface area contributed by atoms with E-state index in [1.807, 2.05) is 23.4 Å². The summed E-state index contributed by atoms with van der Waals surface area (Å²) < 4.78 is 2.54. The van der Waals surface area contributed by atoms with Crippen molar-refractivity contribution in [3.05, 3.63) is 10.6 Å². The number of aromatic amines is 1. The van der Waals surface area contributed by atoms with Crippen LogP contribution < -0.4 is 0 Å². The predicted octanol–water partition coefficient (Wildman–Crippen LogP) is 1.59. The number of hydrogen-bond donors (Lipinski definition) is 1. The van der Waals surface area contributed by atoms with E-state index in [1.165, 1.54) is 0 Å². The molecule has 5 nitrogen and oxygen atoms in total. The lowest BCUT2D eigenvalue weighted by Crippen LogP contribution is -2.39. The van der Waals surface area contributed by atoms with E-state index in [1.54, 1.807) is 0 Å². The first-order chi connectivity index (χ1) is 8.13. The highest BCUT2D eigenvalue weighted by molar-refractivity contribution is 7.71. The van der Waals surface area contributed by atoms with Gasteiger partial charge in [-0.05, 0) is 25.1 Å². The zero-order valence-corrected chi connectivity index (χ0v) is 11.1. The fourth-order valence-corrected chi connectivity index (χ4v) is 2.50. The van der Waals surface area contributed by atoms with Crippen molar-refractivity contribution in [2.45, 2.75) is 32.1 Å².